The largest absolute Gasteiger partial charge is 0.357 e. The number of amides is 1. The lowest BCUT2D eigenvalue weighted by Crippen LogP contribution is -2.50. The number of hydrogen-bond acceptors (Lipinski definition) is 6. The first-order valence-corrected chi connectivity index (χ1v) is 10.4. The number of piperazine rings is 1. The number of nitrogens with one attached hydrogen (secondary N) is 2. The molecule has 0 radical (unpaired) electrons. The molecular formula is C17H29N7OS. The van der Waals surface area contributed by atoms with Gasteiger partial charge in [0.25, 0.3) is 0 Å². The molecule has 0 aromatic carbocycles. The highest BCUT2D eigenvalue weighted by atomic mass is 32.2. The molecule has 1 fully saturated rings. The summed E-state index contributed by atoms with van der Waals surface area (Å²) in [5, 5.41) is 6.44. The van der Waals surface area contributed by atoms with Gasteiger partial charge in [0.1, 0.15) is 0 Å². The van der Waals surface area contributed by atoms with Crippen molar-refractivity contribution >= 4 is 29.6 Å². The Morgan fingerprint density at radius 1 is 1.23 bits per heavy atom. The van der Waals surface area contributed by atoms with Crippen LogP contribution < -0.4 is 15.5 Å². The minimum Gasteiger partial charge on any atom is -0.357 e. The fraction of sp³-hybridized carbons (Fsp3) is 0.647. The van der Waals surface area contributed by atoms with Gasteiger partial charge in [0.15, 0.2) is 5.96 Å². The quantitative estimate of drug-likeness (QED) is 0.385. The molecule has 26 heavy (non-hydrogen) atoms. The maximum absolute atomic E-state index is 12.4. The number of hydrogen-bond donors (Lipinski definition) is 2. The summed E-state index contributed by atoms with van der Waals surface area (Å²) in [4.78, 5) is 29.5. The average Bonchev–Trinajstić information content (AvgIpc) is 2.69. The lowest BCUT2D eigenvalue weighted by Gasteiger charge is -2.34. The number of guanidine groups is 1. The number of carbonyl (C=O) groups excluding carboxylic acids is 1. The minimum absolute atomic E-state index is 0.172. The zero-order valence-corrected chi connectivity index (χ0v) is 16.5. The maximum Gasteiger partial charge on any atom is 0.225 e. The van der Waals surface area contributed by atoms with E-state index in [1.165, 1.54) is 0 Å². The second-order valence-corrected chi connectivity index (χ2v) is 6.83. The van der Waals surface area contributed by atoms with Crippen LogP contribution in [0.1, 0.15) is 13.3 Å². The summed E-state index contributed by atoms with van der Waals surface area (Å²) in [6, 6.07) is 1.81. The zero-order chi connectivity index (χ0) is 18.6. The number of aliphatic imine (C=N–C) groups is 1. The van der Waals surface area contributed by atoms with Gasteiger partial charge in [-0.2, -0.15) is 11.8 Å². The Bertz CT molecular complexity index is 561. The zero-order valence-electron chi connectivity index (χ0n) is 15.6. The van der Waals surface area contributed by atoms with Gasteiger partial charge in [-0.15, -0.1) is 0 Å². The van der Waals surface area contributed by atoms with Gasteiger partial charge in [-0.25, -0.2) is 9.97 Å². The first-order chi connectivity index (χ1) is 12.7. The summed E-state index contributed by atoms with van der Waals surface area (Å²) in [6.45, 7) is 7.15. The summed E-state index contributed by atoms with van der Waals surface area (Å²) < 4.78 is 0. The topological polar surface area (TPSA) is 85.8 Å². The van der Waals surface area contributed by atoms with E-state index >= 15 is 0 Å². The number of nitrogens with zero attached hydrogens (tertiary/aromatic N) is 5. The van der Waals surface area contributed by atoms with Gasteiger partial charge < -0.3 is 20.4 Å². The second-order valence-electron chi connectivity index (χ2n) is 5.85. The highest BCUT2D eigenvalue weighted by Gasteiger charge is 2.22. The van der Waals surface area contributed by atoms with Gasteiger partial charge in [0, 0.05) is 63.8 Å². The molecule has 2 N–H and O–H groups in total. The van der Waals surface area contributed by atoms with Crippen LogP contribution in [-0.4, -0.2) is 84.6 Å². The van der Waals surface area contributed by atoms with Gasteiger partial charge in [-0.1, -0.05) is 0 Å². The summed E-state index contributed by atoms with van der Waals surface area (Å²) in [5.41, 5.74) is 0. The van der Waals surface area contributed by atoms with E-state index < -0.39 is 0 Å². The van der Waals surface area contributed by atoms with Gasteiger partial charge in [-0.3, -0.25) is 9.79 Å². The van der Waals surface area contributed by atoms with E-state index in [0.29, 0.717) is 26.1 Å². The molecule has 0 atom stereocenters. The molecule has 2 rings (SSSR count). The van der Waals surface area contributed by atoms with E-state index in [0.717, 1.165) is 43.8 Å². The predicted molar refractivity (Wildman–Crippen MR) is 108 cm³/mol. The molecule has 9 heteroatoms. The summed E-state index contributed by atoms with van der Waals surface area (Å²) in [6.07, 6.45) is 6.02. The van der Waals surface area contributed by atoms with Crippen LogP contribution in [0, 0.1) is 0 Å². The number of rotatable bonds is 8. The van der Waals surface area contributed by atoms with E-state index in [1.807, 2.05) is 17.9 Å². The molecule has 1 aromatic heterocycles. The third-order valence-electron chi connectivity index (χ3n) is 4.01. The number of anilines is 1. The van der Waals surface area contributed by atoms with E-state index in [1.54, 1.807) is 24.2 Å². The van der Waals surface area contributed by atoms with Crippen molar-refractivity contribution in [2.75, 3.05) is 62.7 Å². The van der Waals surface area contributed by atoms with E-state index in [-0.39, 0.29) is 5.91 Å². The Morgan fingerprint density at radius 3 is 2.62 bits per heavy atom. The molecule has 1 aliphatic heterocycles. The van der Waals surface area contributed by atoms with Crippen LogP contribution in [0.5, 0.6) is 0 Å². The Kier molecular flexibility index (Phi) is 9.02. The van der Waals surface area contributed by atoms with Crippen molar-refractivity contribution in [3.8, 4) is 0 Å². The average molecular weight is 380 g/mol. The van der Waals surface area contributed by atoms with Crippen LogP contribution >= 0.6 is 11.8 Å². The van der Waals surface area contributed by atoms with Crippen LogP contribution in [0.2, 0.25) is 0 Å². The molecule has 8 nitrogen and oxygen atoms in total. The van der Waals surface area contributed by atoms with Crippen molar-refractivity contribution in [1.29, 1.82) is 0 Å². The predicted octanol–water partition coefficient (Wildman–Crippen LogP) is 0.433. The molecule has 1 aromatic rings. The molecule has 144 valence electrons. The highest BCUT2D eigenvalue weighted by Crippen LogP contribution is 2.10. The first-order valence-electron chi connectivity index (χ1n) is 9.05. The lowest BCUT2D eigenvalue weighted by molar-refractivity contribution is -0.131. The molecule has 0 spiro atoms. The summed E-state index contributed by atoms with van der Waals surface area (Å²) >= 11 is 1.77. The lowest BCUT2D eigenvalue weighted by atomic mass is 10.3. The van der Waals surface area contributed by atoms with E-state index in [2.05, 4.69) is 36.7 Å². The van der Waals surface area contributed by atoms with E-state index in [4.69, 9.17) is 0 Å². The Morgan fingerprint density at radius 2 is 1.96 bits per heavy atom. The molecule has 1 amide bonds. The first kappa shape index (κ1) is 20.3. The van der Waals surface area contributed by atoms with Crippen LogP contribution in [-0.2, 0) is 4.79 Å². The smallest absolute Gasteiger partial charge is 0.225 e. The van der Waals surface area contributed by atoms with Gasteiger partial charge in [0.2, 0.25) is 11.9 Å². The van der Waals surface area contributed by atoms with Gasteiger partial charge >= 0.3 is 0 Å². The molecule has 1 saturated heterocycles. The van der Waals surface area contributed by atoms with E-state index in [9.17, 15) is 4.79 Å². The third kappa shape index (κ3) is 6.70. The van der Waals surface area contributed by atoms with Crippen molar-refractivity contribution in [2.24, 2.45) is 4.99 Å². The molecule has 0 unspecified atom stereocenters. The Balaban J connectivity index is 1.70. The van der Waals surface area contributed by atoms with Gasteiger partial charge in [-0.05, 0) is 19.2 Å². The highest BCUT2D eigenvalue weighted by molar-refractivity contribution is 7.98. The monoisotopic (exact) mass is 379 g/mol. The normalized spacial score (nSPS) is 15.1. The van der Waals surface area contributed by atoms with Crippen molar-refractivity contribution in [2.45, 2.75) is 13.3 Å². The number of thioether (sulfide) groups is 1. The Hall–Kier alpha value is -2.03. The molecule has 1 aliphatic rings. The molecule has 0 bridgehead atoms. The van der Waals surface area contributed by atoms with Crippen LogP contribution in [0.25, 0.3) is 0 Å². The van der Waals surface area contributed by atoms with Crippen molar-refractivity contribution in [1.82, 2.24) is 25.5 Å². The molecular weight excluding hydrogens is 350 g/mol. The Labute approximate surface area is 159 Å². The molecule has 0 aliphatic carbocycles. The number of aromatic nitrogens is 2. The molecule has 2 heterocycles. The second kappa shape index (κ2) is 11.6. The van der Waals surface area contributed by atoms with Gasteiger partial charge in [0.05, 0.1) is 6.54 Å². The molecule has 0 saturated carbocycles. The summed E-state index contributed by atoms with van der Waals surface area (Å²) in [7, 11) is 0. The third-order valence-corrected chi connectivity index (χ3v) is 4.60. The van der Waals surface area contributed by atoms with Crippen LogP contribution in [0.4, 0.5) is 5.95 Å². The fourth-order valence-electron chi connectivity index (χ4n) is 2.65. The van der Waals surface area contributed by atoms with Crippen LogP contribution in [0.3, 0.4) is 0 Å². The number of carbonyl (C=O) groups is 1. The maximum atomic E-state index is 12.4. The summed E-state index contributed by atoms with van der Waals surface area (Å²) in [5.74, 6) is 2.68. The standard InChI is InChI=1S/C17H29N7OS/c1-3-18-16(20-9-14-26-2)19-8-5-15(25)23-10-12-24(13-11-23)17-21-6-4-7-22-17/h4,6-7H,3,5,8-14H2,1-2H3,(H2,18,19,20). The minimum atomic E-state index is 0.172. The SMILES string of the molecule is CCNC(=NCCSC)NCCC(=O)N1CCN(c2ncccn2)CC1. The van der Waals surface area contributed by atoms with Crippen LogP contribution in [0.15, 0.2) is 23.5 Å². The van der Waals surface area contributed by atoms with Crippen molar-refractivity contribution < 1.29 is 4.79 Å². The van der Waals surface area contributed by atoms with Crippen molar-refractivity contribution in [3.05, 3.63) is 18.5 Å². The fourth-order valence-corrected chi connectivity index (χ4v) is 2.92. The van der Waals surface area contributed by atoms with Crippen molar-refractivity contribution in [3.63, 3.8) is 0 Å².